The lowest BCUT2D eigenvalue weighted by atomic mass is 10.1. The van der Waals surface area contributed by atoms with E-state index in [0.29, 0.717) is 63.2 Å². The number of hydrogen-bond donors (Lipinski definition) is 0. The van der Waals surface area contributed by atoms with Crippen molar-refractivity contribution in [3.8, 4) is 12.3 Å². The standard InChI is InChI=1S/C29H42BrN4O5P/c1-6-20-32(5)29(36)27-28(31-26(34(27)7-2)19-18-24-16-12-13-17-25(24)30)33(23-35)21-14-10-11-15-22-40(37,38-8-3)39-9-4/h1,12-13,16-17,23H,7-11,14-15,18-22H2,2-5H3. The Morgan fingerprint density at radius 2 is 1.80 bits per heavy atom. The van der Waals surface area contributed by atoms with Crippen molar-refractivity contribution in [1.82, 2.24) is 14.5 Å². The van der Waals surface area contributed by atoms with Gasteiger partial charge in [0.15, 0.2) is 11.5 Å². The van der Waals surface area contributed by atoms with E-state index in [-0.39, 0.29) is 12.5 Å². The van der Waals surface area contributed by atoms with Crippen LogP contribution in [0.15, 0.2) is 28.7 Å². The smallest absolute Gasteiger partial charge is 0.329 e. The third kappa shape index (κ3) is 9.59. The van der Waals surface area contributed by atoms with Gasteiger partial charge >= 0.3 is 7.60 Å². The number of rotatable bonds is 19. The molecule has 9 nitrogen and oxygen atoms in total. The normalized spacial score (nSPS) is 11.3. The van der Waals surface area contributed by atoms with Crippen molar-refractivity contribution in [3.05, 3.63) is 45.8 Å². The van der Waals surface area contributed by atoms with Gasteiger partial charge in [0.05, 0.1) is 25.9 Å². The van der Waals surface area contributed by atoms with Crippen LogP contribution in [-0.4, -0.2) is 66.3 Å². The lowest BCUT2D eigenvalue weighted by Crippen LogP contribution is -2.32. The van der Waals surface area contributed by atoms with Crippen LogP contribution in [0.2, 0.25) is 0 Å². The van der Waals surface area contributed by atoms with Crippen molar-refractivity contribution < 1.29 is 23.2 Å². The van der Waals surface area contributed by atoms with E-state index in [2.05, 4.69) is 27.9 Å². The first-order chi connectivity index (χ1) is 19.2. The number of aromatic nitrogens is 2. The van der Waals surface area contributed by atoms with Gasteiger partial charge in [-0.05, 0) is 51.7 Å². The topological polar surface area (TPSA) is 94.0 Å². The molecule has 0 atom stereocenters. The minimum absolute atomic E-state index is 0.147. The zero-order valence-corrected chi connectivity index (χ0v) is 26.6. The van der Waals surface area contributed by atoms with Crippen molar-refractivity contribution >= 4 is 41.7 Å². The van der Waals surface area contributed by atoms with E-state index in [1.165, 1.54) is 9.80 Å². The van der Waals surface area contributed by atoms with Gasteiger partial charge in [-0.1, -0.05) is 52.9 Å². The average Bonchev–Trinajstić information content (AvgIpc) is 3.30. The van der Waals surface area contributed by atoms with E-state index in [1.54, 1.807) is 20.9 Å². The van der Waals surface area contributed by atoms with E-state index >= 15 is 0 Å². The highest BCUT2D eigenvalue weighted by atomic mass is 79.9. The Labute approximate surface area is 247 Å². The van der Waals surface area contributed by atoms with Crippen molar-refractivity contribution in [1.29, 1.82) is 0 Å². The summed E-state index contributed by atoms with van der Waals surface area (Å²) in [7, 11) is -1.40. The Morgan fingerprint density at radius 1 is 1.12 bits per heavy atom. The van der Waals surface area contributed by atoms with Gasteiger partial charge in [0.1, 0.15) is 5.82 Å². The van der Waals surface area contributed by atoms with Crippen LogP contribution in [0.3, 0.4) is 0 Å². The van der Waals surface area contributed by atoms with Crippen molar-refractivity contribution in [2.24, 2.45) is 0 Å². The fourth-order valence-corrected chi connectivity index (χ4v) is 6.69. The Morgan fingerprint density at radius 3 is 2.40 bits per heavy atom. The number of halogens is 1. The Balaban J connectivity index is 2.19. The molecule has 2 rings (SSSR count). The highest BCUT2D eigenvalue weighted by molar-refractivity contribution is 9.10. The first-order valence-corrected chi connectivity index (χ1v) is 16.4. The summed E-state index contributed by atoms with van der Waals surface area (Å²) in [5.74, 6) is 3.32. The molecule has 0 bridgehead atoms. The van der Waals surface area contributed by atoms with E-state index in [0.717, 1.165) is 41.5 Å². The Bertz CT molecular complexity index is 1190. The first kappa shape index (κ1) is 33.8. The van der Waals surface area contributed by atoms with Crippen LogP contribution in [0.1, 0.15) is 68.3 Å². The molecule has 2 amide bonds. The minimum Gasteiger partial charge on any atom is -0.329 e. The molecule has 0 saturated carbocycles. The zero-order valence-electron chi connectivity index (χ0n) is 24.1. The molecular formula is C29H42BrN4O5P. The van der Waals surface area contributed by atoms with Crippen LogP contribution >= 0.6 is 23.5 Å². The molecule has 0 N–H and O–H groups in total. The monoisotopic (exact) mass is 636 g/mol. The summed E-state index contributed by atoms with van der Waals surface area (Å²) in [6, 6.07) is 8.01. The number of carbonyl (C=O) groups excluding carboxylic acids is 2. The fourth-order valence-electron chi connectivity index (χ4n) is 4.47. The molecule has 11 heteroatoms. The fraction of sp³-hybridized carbons (Fsp3) is 0.552. The quantitative estimate of drug-likeness (QED) is 0.0819. The number of hydrogen-bond acceptors (Lipinski definition) is 6. The van der Waals surface area contributed by atoms with Gasteiger partial charge in [-0.15, -0.1) is 6.42 Å². The number of aryl methyl sites for hydroxylation is 2. The van der Waals surface area contributed by atoms with Crippen molar-refractivity contribution in [3.63, 3.8) is 0 Å². The molecule has 0 radical (unpaired) electrons. The number of amides is 2. The van der Waals surface area contributed by atoms with Crippen LogP contribution in [0.25, 0.3) is 0 Å². The number of terminal acetylenes is 1. The van der Waals surface area contributed by atoms with E-state index in [4.69, 9.17) is 20.5 Å². The van der Waals surface area contributed by atoms with E-state index in [1.807, 2.05) is 29.7 Å². The molecule has 0 unspecified atom stereocenters. The molecule has 0 saturated heterocycles. The molecule has 1 heterocycles. The van der Waals surface area contributed by atoms with Crippen LogP contribution < -0.4 is 4.90 Å². The van der Waals surface area contributed by atoms with Gasteiger partial charge in [-0.3, -0.25) is 19.1 Å². The highest BCUT2D eigenvalue weighted by Gasteiger charge is 2.28. The molecule has 0 aliphatic rings. The summed E-state index contributed by atoms with van der Waals surface area (Å²) < 4.78 is 26.3. The highest BCUT2D eigenvalue weighted by Crippen LogP contribution is 2.48. The maximum absolute atomic E-state index is 13.5. The van der Waals surface area contributed by atoms with Gasteiger partial charge in [0.25, 0.3) is 5.91 Å². The van der Waals surface area contributed by atoms with Gasteiger partial charge < -0.3 is 18.5 Å². The molecule has 220 valence electrons. The number of benzene rings is 1. The van der Waals surface area contributed by atoms with Crippen LogP contribution in [-0.2, 0) is 37.8 Å². The Hall–Kier alpha value is -2.44. The average molecular weight is 638 g/mol. The predicted molar refractivity (Wildman–Crippen MR) is 163 cm³/mol. The first-order valence-electron chi connectivity index (χ1n) is 13.9. The molecule has 40 heavy (non-hydrogen) atoms. The zero-order chi connectivity index (χ0) is 29.5. The molecular weight excluding hydrogens is 595 g/mol. The number of nitrogens with zero attached hydrogens (tertiary/aromatic N) is 4. The lowest BCUT2D eigenvalue weighted by molar-refractivity contribution is -0.107. The molecule has 1 aromatic heterocycles. The number of anilines is 1. The second-order valence-corrected chi connectivity index (χ2v) is 12.3. The molecule has 0 spiro atoms. The summed E-state index contributed by atoms with van der Waals surface area (Å²) in [6.45, 7) is 7.32. The number of carbonyl (C=O) groups is 2. The van der Waals surface area contributed by atoms with Crippen molar-refractivity contribution in [2.75, 3.05) is 44.4 Å². The summed E-state index contributed by atoms with van der Waals surface area (Å²) in [4.78, 5) is 33.5. The maximum Gasteiger partial charge on any atom is 0.330 e. The molecule has 2 aromatic rings. The minimum atomic E-state index is -3.05. The summed E-state index contributed by atoms with van der Waals surface area (Å²) in [5, 5.41) is 0. The third-order valence-electron chi connectivity index (χ3n) is 6.43. The molecule has 0 aliphatic carbocycles. The molecule has 0 fully saturated rings. The summed E-state index contributed by atoms with van der Waals surface area (Å²) in [5.41, 5.74) is 1.50. The van der Waals surface area contributed by atoms with Gasteiger partial charge in [-0.2, -0.15) is 0 Å². The number of imidazole rings is 1. The molecule has 1 aromatic carbocycles. The lowest BCUT2D eigenvalue weighted by Gasteiger charge is -2.20. The van der Waals surface area contributed by atoms with E-state index in [9.17, 15) is 14.2 Å². The van der Waals surface area contributed by atoms with Crippen molar-refractivity contribution in [2.45, 2.75) is 65.8 Å². The second kappa shape index (κ2) is 17.4. The molecule has 0 aliphatic heterocycles. The Kier molecular flexibility index (Phi) is 14.7. The van der Waals surface area contributed by atoms with Crippen LogP contribution in [0.4, 0.5) is 5.82 Å². The second-order valence-electron chi connectivity index (χ2n) is 9.28. The summed E-state index contributed by atoms with van der Waals surface area (Å²) in [6.07, 6.45) is 10.9. The van der Waals surface area contributed by atoms with Crippen LogP contribution in [0.5, 0.6) is 0 Å². The van der Waals surface area contributed by atoms with E-state index < -0.39 is 7.60 Å². The maximum atomic E-state index is 13.5. The SMILES string of the molecule is C#CCN(C)C(=O)c1c(N(C=O)CCCCCCP(=O)(OCC)OCC)nc(CCc2ccccc2Br)n1CC. The summed E-state index contributed by atoms with van der Waals surface area (Å²) >= 11 is 3.60. The number of unbranched alkanes of at least 4 members (excludes halogenated alkanes) is 3. The van der Waals surface area contributed by atoms with Gasteiger partial charge in [0, 0.05) is 31.0 Å². The predicted octanol–water partition coefficient (Wildman–Crippen LogP) is 5.95. The van der Waals surface area contributed by atoms with Gasteiger partial charge in [0.2, 0.25) is 6.41 Å². The van der Waals surface area contributed by atoms with Gasteiger partial charge in [-0.25, -0.2) is 4.98 Å². The third-order valence-corrected chi connectivity index (χ3v) is 9.37. The largest absolute Gasteiger partial charge is 0.330 e. The van der Waals surface area contributed by atoms with Crippen LogP contribution in [0, 0.1) is 12.3 Å².